The summed E-state index contributed by atoms with van der Waals surface area (Å²) in [5.74, 6) is 1.92. The summed E-state index contributed by atoms with van der Waals surface area (Å²) in [6.07, 6.45) is 10.9. The van der Waals surface area contributed by atoms with Crippen molar-refractivity contribution >= 4 is 12.4 Å². The number of hydrogen-bond donors (Lipinski definition) is 4. The van der Waals surface area contributed by atoms with E-state index in [1.165, 1.54) is 84.7 Å². The molecule has 0 fully saturated rings. The zero-order chi connectivity index (χ0) is 34.2. The molecule has 0 amide bonds. The minimum absolute atomic E-state index is 0. The van der Waals surface area contributed by atoms with E-state index in [9.17, 15) is 0 Å². The van der Waals surface area contributed by atoms with Crippen LogP contribution in [0.5, 0.6) is 11.5 Å². The molecule has 0 bridgehead atoms. The fourth-order valence-corrected chi connectivity index (χ4v) is 6.10. The predicted molar refractivity (Wildman–Crippen MR) is 213 cm³/mol. The van der Waals surface area contributed by atoms with Gasteiger partial charge in [-0.2, -0.15) is 0 Å². The monoisotopic (exact) mass is 700 g/mol. The van der Waals surface area contributed by atoms with Gasteiger partial charge >= 0.3 is 0 Å². The Kier molecular flexibility index (Phi) is 21.0. The van der Waals surface area contributed by atoms with E-state index in [-0.39, 0.29) is 12.4 Å². The highest BCUT2D eigenvalue weighted by atomic mass is 35.5. The summed E-state index contributed by atoms with van der Waals surface area (Å²) in [4.78, 5) is 0. The van der Waals surface area contributed by atoms with Gasteiger partial charge in [-0.1, -0.05) is 111 Å². The number of rotatable bonds is 26. The number of methoxy groups -OCH3 is 2. The SMILES string of the molecule is COc1ccccc1CNCCCCCCNCc1ccc(Cc2ccc(CNCCCCCCNCc3ccccc3OC)cc2)cc1.Cl. The molecule has 4 aromatic rings. The molecule has 0 spiro atoms. The quantitative estimate of drug-likeness (QED) is 0.0492. The van der Waals surface area contributed by atoms with Crippen LogP contribution in [0.3, 0.4) is 0 Å². The van der Waals surface area contributed by atoms with Crippen LogP contribution in [0.2, 0.25) is 0 Å². The van der Waals surface area contributed by atoms with Crippen molar-refractivity contribution in [1.82, 2.24) is 21.3 Å². The first-order valence-electron chi connectivity index (χ1n) is 18.5. The molecule has 4 aromatic carbocycles. The lowest BCUT2D eigenvalue weighted by Gasteiger charge is -2.10. The summed E-state index contributed by atoms with van der Waals surface area (Å²) in [5.41, 5.74) is 7.88. The molecular weight excluding hydrogens is 640 g/mol. The summed E-state index contributed by atoms with van der Waals surface area (Å²) in [6, 6.07) is 34.6. The summed E-state index contributed by atoms with van der Waals surface area (Å²) < 4.78 is 10.9. The van der Waals surface area contributed by atoms with Gasteiger partial charge in [0.15, 0.2) is 0 Å². The minimum atomic E-state index is 0. The van der Waals surface area contributed by atoms with Crippen molar-refractivity contribution in [3.05, 3.63) is 130 Å². The molecule has 0 atom stereocenters. The second-order valence-corrected chi connectivity index (χ2v) is 13.0. The number of hydrogen-bond acceptors (Lipinski definition) is 6. The largest absolute Gasteiger partial charge is 0.496 e. The highest BCUT2D eigenvalue weighted by Crippen LogP contribution is 2.18. The molecule has 6 nitrogen and oxygen atoms in total. The van der Waals surface area contributed by atoms with Gasteiger partial charge in [0.2, 0.25) is 0 Å². The number of benzene rings is 4. The third kappa shape index (κ3) is 16.1. The van der Waals surface area contributed by atoms with Gasteiger partial charge in [-0.25, -0.2) is 0 Å². The summed E-state index contributed by atoms with van der Waals surface area (Å²) in [5, 5.41) is 14.3. The molecule has 0 saturated heterocycles. The van der Waals surface area contributed by atoms with Crippen LogP contribution in [0, 0.1) is 0 Å². The third-order valence-electron chi connectivity index (χ3n) is 9.04. The first-order chi connectivity index (χ1) is 24.2. The van der Waals surface area contributed by atoms with E-state index in [4.69, 9.17) is 9.47 Å². The van der Waals surface area contributed by atoms with Gasteiger partial charge in [0.05, 0.1) is 14.2 Å². The molecule has 0 radical (unpaired) electrons. The van der Waals surface area contributed by atoms with Crippen molar-refractivity contribution in [3.8, 4) is 11.5 Å². The standard InChI is InChI=1S/C43H60N4O2.ClH/c1-48-42-17-9-7-15-40(42)34-46-29-13-5-3-11-27-44-32-38-23-19-36(20-24-38)31-37-21-25-39(26-22-37)33-45-28-12-4-6-14-30-47-35-41-16-8-10-18-43(41)49-2;/h7-10,15-26,44-47H,3-6,11-14,27-35H2,1-2H3;1H. The molecule has 7 heteroatoms. The maximum absolute atomic E-state index is 5.43. The molecule has 272 valence electrons. The summed E-state index contributed by atoms with van der Waals surface area (Å²) in [7, 11) is 3.47. The predicted octanol–water partition coefficient (Wildman–Crippen LogP) is 8.60. The Balaban J connectivity index is 0.00000676. The third-order valence-corrected chi connectivity index (χ3v) is 9.04. The van der Waals surface area contributed by atoms with Crippen LogP contribution in [0.4, 0.5) is 0 Å². The fraction of sp³-hybridized carbons (Fsp3) is 0.442. The van der Waals surface area contributed by atoms with E-state index in [1.54, 1.807) is 14.2 Å². The molecule has 0 aromatic heterocycles. The Hall–Kier alpha value is -3.39. The molecular formula is C43H61ClN4O2. The zero-order valence-electron chi connectivity index (χ0n) is 30.5. The van der Waals surface area contributed by atoms with E-state index >= 15 is 0 Å². The Labute approximate surface area is 308 Å². The first-order valence-corrected chi connectivity index (χ1v) is 18.5. The van der Waals surface area contributed by atoms with Gasteiger partial charge in [0.1, 0.15) is 11.5 Å². The molecule has 0 unspecified atom stereocenters. The van der Waals surface area contributed by atoms with E-state index < -0.39 is 0 Å². The normalized spacial score (nSPS) is 10.9. The molecule has 0 aliphatic heterocycles. The van der Waals surface area contributed by atoms with Crippen LogP contribution in [0.15, 0.2) is 97.1 Å². The van der Waals surface area contributed by atoms with Gasteiger partial charge in [0.25, 0.3) is 0 Å². The van der Waals surface area contributed by atoms with Crippen molar-refractivity contribution in [1.29, 1.82) is 0 Å². The summed E-state index contributed by atoms with van der Waals surface area (Å²) >= 11 is 0. The van der Waals surface area contributed by atoms with Crippen LogP contribution in [-0.2, 0) is 32.6 Å². The Morgan fingerprint density at radius 3 is 1.06 bits per heavy atom. The van der Waals surface area contributed by atoms with Crippen molar-refractivity contribution in [2.45, 2.75) is 84.0 Å². The van der Waals surface area contributed by atoms with E-state index in [0.717, 1.165) is 70.3 Å². The molecule has 0 aliphatic carbocycles. The van der Waals surface area contributed by atoms with Crippen molar-refractivity contribution in [2.24, 2.45) is 0 Å². The molecule has 50 heavy (non-hydrogen) atoms. The average molecular weight is 701 g/mol. The molecule has 0 aliphatic rings. The summed E-state index contributed by atoms with van der Waals surface area (Å²) in [6.45, 7) is 7.83. The van der Waals surface area contributed by atoms with Crippen molar-refractivity contribution < 1.29 is 9.47 Å². The van der Waals surface area contributed by atoms with Gasteiger partial charge in [-0.05, 0) is 92.7 Å². The van der Waals surface area contributed by atoms with Crippen LogP contribution in [-0.4, -0.2) is 40.4 Å². The van der Waals surface area contributed by atoms with E-state index in [1.807, 2.05) is 24.3 Å². The number of para-hydroxylation sites is 2. The fourth-order valence-electron chi connectivity index (χ4n) is 6.10. The number of unbranched alkanes of at least 4 members (excludes halogenated alkanes) is 6. The maximum atomic E-state index is 5.43. The van der Waals surface area contributed by atoms with Crippen LogP contribution < -0.4 is 30.7 Å². The molecule has 4 rings (SSSR count). The topological polar surface area (TPSA) is 66.6 Å². The van der Waals surface area contributed by atoms with Gasteiger partial charge < -0.3 is 30.7 Å². The Bertz CT molecular complexity index is 1320. The minimum Gasteiger partial charge on any atom is -0.496 e. The number of halogens is 1. The van der Waals surface area contributed by atoms with Crippen molar-refractivity contribution in [2.75, 3.05) is 40.4 Å². The van der Waals surface area contributed by atoms with Crippen LogP contribution >= 0.6 is 12.4 Å². The highest BCUT2D eigenvalue weighted by molar-refractivity contribution is 5.85. The first kappa shape index (κ1) is 41.0. The van der Waals surface area contributed by atoms with Gasteiger partial charge in [-0.3, -0.25) is 0 Å². The van der Waals surface area contributed by atoms with Crippen LogP contribution in [0.1, 0.15) is 84.7 Å². The van der Waals surface area contributed by atoms with Gasteiger partial charge in [-0.15, -0.1) is 12.4 Å². The Morgan fingerprint density at radius 2 is 0.700 bits per heavy atom. The average Bonchev–Trinajstić information content (AvgIpc) is 3.14. The molecule has 0 saturated carbocycles. The Morgan fingerprint density at radius 1 is 0.380 bits per heavy atom. The number of ether oxygens (including phenoxy) is 2. The van der Waals surface area contributed by atoms with Gasteiger partial charge in [0, 0.05) is 37.3 Å². The lowest BCUT2D eigenvalue weighted by atomic mass is 10.0. The molecule has 4 N–H and O–H groups in total. The number of nitrogens with one attached hydrogen (secondary N) is 4. The zero-order valence-corrected chi connectivity index (χ0v) is 31.3. The second-order valence-electron chi connectivity index (χ2n) is 13.0. The second kappa shape index (κ2) is 25.5. The smallest absolute Gasteiger partial charge is 0.123 e. The van der Waals surface area contributed by atoms with E-state index in [0.29, 0.717) is 0 Å². The van der Waals surface area contributed by atoms with Crippen molar-refractivity contribution in [3.63, 3.8) is 0 Å². The highest BCUT2D eigenvalue weighted by Gasteiger charge is 2.03. The molecule has 0 heterocycles. The van der Waals surface area contributed by atoms with E-state index in [2.05, 4.69) is 94.1 Å². The lowest BCUT2D eigenvalue weighted by Crippen LogP contribution is -2.16. The van der Waals surface area contributed by atoms with Crippen LogP contribution in [0.25, 0.3) is 0 Å². The maximum Gasteiger partial charge on any atom is 0.123 e. The lowest BCUT2D eigenvalue weighted by molar-refractivity contribution is 0.407.